The Balaban J connectivity index is 1.58. The first-order chi connectivity index (χ1) is 10.2. The molecule has 0 bridgehead atoms. The summed E-state index contributed by atoms with van der Waals surface area (Å²) < 4.78 is 0. The molecule has 0 aliphatic carbocycles. The van der Waals surface area contributed by atoms with Crippen LogP contribution < -0.4 is 4.90 Å². The number of aryl methyl sites for hydroxylation is 2. The van der Waals surface area contributed by atoms with Crippen LogP contribution in [0, 0.1) is 13.8 Å². The third-order valence-electron chi connectivity index (χ3n) is 3.94. The second-order valence-electron chi connectivity index (χ2n) is 5.60. The van der Waals surface area contributed by atoms with E-state index < -0.39 is 0 Å². The van der Waals surface area contributed by atoms with Gasteiger partial charge in [0, 0.05) is 23.2 Å². The summed E-state index contributed by atoms with van der Waals surface area (Å²) in [6.45, 7) is 6.31. The molecular weight excluding hydrogens is 278 g/mol. The van der Waals surface area contributed by atoms with Crippen molar-refractivity contribution < 1.29 is 0 Å². The van der Waals surface area contributed by atoms with E-state index in [0.29, 0.717) is 5.25 Å². The van der Waals surface area contributed by atoms with E-state index in [0.717, 1.165) is 24.6 Å². The minimum atomic E-state index is 0.709. The van der Waals surface area contributed by atoms with Crippen molar-refractivity contribution in [3.05, 3.63) is 47.7 Å². The van der Waals surface area contributed by atoms with Crippen molar-refractivity contribution in [2.45, 2.75) is 36.8 Å². The highest BCUT2D eigenvalue weighted by atomic mass is 32.2. The van der Waals surface area contributed by atoms with Crippen LogP contribution in [0.5, 0.6) is 0 Å². The molecule has 21 heavy (non-hydrogen) atoms. The van der Waals surface area contributed by atoms with Crippen molar-refractivity contribution in [3.8, 4) is 0 Å². The summed E-state index contributed by atoms with van der Waals surface area (Å²) in [5.41, 5.74) is 2.36. The van der Waals surface area contributed by atoms with Crippen LogP contribution in [0.1, 0.15) is 24.1 Å². The van der Waals surface area contributed by atoms with Gasteiger partial charge in [0.1, 0.15) is 0 Å². The molecule has 110 valence electrons. The molecule has 1 aliphatic rings. The Labute approximate surface area is 130 Å². The summed E-state index contributed by atoms with van der Waals surface area (Å²) in [5.74, 6) is 1.01. The number of hydrogen-bond donors (Lipinski definition) is 0. The van der Waals surface area contributed by atoms with Gasteiger partial charge in [-0.15, -0.1) is 16.9 Å². The van der Waals surface area contributed by atoms with Gasteiger partial charge in [-0.25, -0.2) is 0 Å². The van der Waals surface area contributed by atoms with Crippen LogP contribution in [-0.4, -0.2) is 28.5 Å². The molecule has 0 radical (unpaired) electrons. The van der Waals surface area contributed by atoms with E-state index in [1.165, 1.54) is 23.3 Å². The third kappa shape index (κ3) is 3.56. The maximum absolute atomic E-state index is 4.29. The van der Waals surface area contributed by atoms with Gasteiger partial charge in [0.25, 0.3) is 0 Å². The molecule has 1 aliphatic heterocycles. The predicted molar refractivity (Wildman–Crippen MR) is 89.0 cm³/mol. The van der Waals surface area contributed by atoms with Crippen LogP contribution in [0.3, 0.4) is 0 Å². The standard InChI is InChI=1S/C17H21N3S/c1-13-5-3-4-6-16(13)21-15-9-11-20(12-10-15)17-8-7-14(2)18-19-17/h3-8,15H,9-12H2,1-2H3. The van der Waals surface area contributed by atoms with Gasteiger partial charge in [-0.05, 0) is 50.5 Å². The zero-order chi connectivity index (χ0) is 14.7. The molecular formula is C17H21N3S. The van der Waals surface area contributed by atoms with Crippen LogP contribution in [0.4, 0.5) is 5.82 Å². The fourth-order valence-electron chi connectivity index (χ4n) is 2.63. The second-order valence-corrected chi connectivity index (χ2v) is 6.94. The number of aromatic nitrogens is 2. The first-order valence-corrected chi connectivity index (χ1v) is 8.38. The van der Waals surface area contributed by atoms with Gasteiger partial charge < -0.3 is 4.90 Å². The minimum absolute atomic E-state index is 0.709. The van der Waals surface area contributed by atoms with Gasteiger partial charge in [-0.3, -0.25) is 0 Å². The van der Waals surface area contributed by atoms with Crippen LogP contribution >= 0.6 is 11.8 Å². The van der Waals surface area contributed by atoms with E-state index in [9.17, 15) is 0 Å². The van der Waals surface area contributed by atoms with Gasteiger partial charge in [0.05, 0.1) is 5.69 Å². The van der Waals surface area contributed by atoms with E-state index >= 15 is 0 Å². The van der Waals surface area contributed by atoms with Gasteiger partial charge >= 0.3 is 0 Å². The number of benzene rings is 1. The summed E-state index contributed by atoms with van der Waals surface area (Å²) in [7, 11) is 0. The first-order valence-electron chi connectivity index (χ1n) is 7.50. The Kier molecular flexibility index (Phi) is 4.44. The van der Waals surface area contributed by atoms with Crippen molar-refractivity contribution in [1.82, 2.24) is 10.2 Å². The van der Waals surface area contributed by atoms with E-state index in [4.69, 9.17) is 0 Å². The molecule has 0 spiro atoms. The third-order valence-corrected chi connectivity index (χ3v) is 5.45. The Morgan fingerprint density at radius 1 is 1.00 bits per heavy atom. The molecule has 2 heterocycles. The summed E-state index contributed by atoms with van der Waals surface area (Å²) in [6, 6.07) is 12.8. The molecule has 1 aromatic carbocycles. The zero-order valence-electron chi connectivity index (χ0n) is 12.6. The smallest absolute Gasteiger partial charge is 0.151 e. The lowest BCUT2D eigenvalue weighted by atomic mass is 10.1. The predicted octanol–water partition coefficient (Wildman–Crippen LogP) is 3.85. The lowest BCUT2D eigenvalue weighted by Crippen LogP contribution is -2.35. The molecule has 0 N–H and O–H groups in total. The maximum atomic E-state index is 4.29. The molecule has 1 fully saturated rings. The monoisotopic (exact) mass is 299 g/mol. The number of rotatable bonds is 3. The van der Waals surface area contributed by atoms with Gasteiger partial charge in [-0.1, -0.05) is 18.2 Å². The fraction of sp³-hybridized carbons (Fsp3) is 0.412. The van der Waals surface area contributed by atoms with Crippen molar-refractivity contribution in [1.29, 1.82) is 0 Å². The van der Waals surface area contributed by atoms with Crippen molar-refractivity contribution in [3.63, 3.8) is 0 Å². The number of anilines is 1. The Morgan fingerprint density at radius 3 is 2.43 bits per heavy atom. The molecule has 3 nitrogen and oxygen atoms in total. The van der Waals surface area contributed by atoms with Gasteiger partial charge in [0.15, 0.2) is 5.82 Å². The van der Waals surface area contributed by atoms with Crippen LogP contribution in [0.15, 0.2) is 41.3 Å². The van der Waals surface area contributed by atoms with E-state index in [2.05, 4.69) is 52.4 Å². The van der Waals surface area contributed by atoms with Crippen LogP contribution in [-0.2, 0) is 0 Å². The molecule has 0 amide bonds. The largest absolute Gasteiger partial charge is 0.355 e. The number of hydrogen-bond acceptors (Lipinski definition) is 4. The van der Waals surface area contributed by atoms with Gasteiger partial charge in [0.2, 0.25) is 0 Å². The van der Waals surface area contributed by atoms with E-state index in [1.807, 2.05) is 24.8 Å². The normalized spacial score (nSPS) is 16.2. The number of thioether (sulfide) groups is 1. The number of piperidine rings is 1. The molecule has 1 aromatic heterocycles. The molecule has 4 heteroatoms. The lowest BCUT2D eigenvalue weighted by molar-refractivity contribution is 0.583. The van der Waals surface area contributed by atoms with Crippen LogP contribution in [0.25, 0.3) is 0 Å². The average molecular weight is 299 g/mol. The number of nitrogens with zero attached hydrogens (tertiary/aromatic N) is 3. The molecule has 0 saturated carbocycles. The Hall–Kier alpha value is -1.55. The van der Waals surface area contributed by atoms with Crippen molar-refractivity contribution >= 4 is 17.6 Å². The molecule has 0 unspecified atom stereocenters. The van der Waals surface area contributed by atoms with Crippen molar-refractivity contribution in [2.75, 3.05) is 18.0 Å². The van der Waals surface area contributed by atoms with Crippen LogP contribution in [0.2, 0.25) is 0 Å². The summed E-state index contributed by atoms with van der Waals surface area (Å²) in [5, 5.41) is 9.16. The topological polar surface area (TPSA) is 29.0 Å². The maximum Gasteiger partial charge on any atom is 0.151 e. The average Bonchev–Trinajstić information content (AvgIpc) is 2.51. The highest BCUT2D eigenvalue weighted by molar-refractivity contribution is 8.00. The van der Waals surface area contributed by atoms with E-state index in [-0.39, 0.29) is 0 Å². The van der Waals surface area contributed by atoms with Crippen molar-refractivity contribution in [2.24, 2.45) is 0 Å². The highest BCUT2D eigenvalue weighted by Gasteiger charge is 2.21. The Bertz CT molecular complexity index is 589. The summed E-state index contributed by atoms with van der Waals surface area (Å²) in [6.07, 6.45) is 2.41. The summed E-state index contributed by atoms with van der Waals surface area (Å²) in [4.78, 5) is 3.77. The van der Waals surface area contributed by atoms with E-state index in [1.54, 1.807) is 0 Å². The second kappa shape index (κ2) is 6.48. The highest BCUT2D eigenvalue weighted by Crippen LogP contribution is 2.33. The molecule has 3 rings (SSSR count). The SMILES string of the molecule is Cc1ccc(N2CCC(Sc3ccccc3C)CC2)nn1. The minimum Gasteiger partial charge on any atom is -0.355 e. The first kappa shape index (κ1) is 14.4. The zero-order valence-corrected chi connectivity index (χ0v) is 13.4. The van der Waals surface area contributed by atoms with Gasteiger partial charge in [-0.2, -0.15) is 5.10 Å². The Morgan fingerprint density at radius 2 is 1.76 bits per heavy atom. The quantitative estimate of drug-likeness (QED) is 0.860. The molecule has 2 aromatic rings. The molecule has 1 saturated heterocycles. The molecule has 0 atom stereocenters. The lowest BCUT2D eigenvalue weighted by Gasteiger charge is -2.32. The fourth-order valence-corrected chi connectivity index (χ4v) is 3.85. The summed E-state index contributed by atoms with van der Waals surface area (Å²) >= 11 is 2.03.